The van der Waals surface area contributed by atoms with E-state index in [0.717, 1.165) is 16.8 Å². The number of nitrogens with one attached hydrogen (secondary N) is 2. The van der Waals surface area contributed by atoms with Gasteiger partial charge in [-0.3, -0.25) is 10.2 Å². The fourth-order valence-electron chi connectivity index (χ4n) is 3.45. The first-order valence-corrected chi connectivity index (χ1v) is 8.38. The highest BCUT2D eigenvalue weighted by Gasteiger charge is 2.34. The Morgan fingerprint density at radius 2 is 1.92 bits per heavy atom. The number of rotatable bonds is 3. The SMILES string of the molecule is CC1NNC(=O)C(C)C1c1ccc(Oc2nccn3cccc23)cc1. The van der Waals surface area contributed by atoms with Crippen molar-refractivity contribution in [2.24, 2.45) is 5.92 Å². The van der Waals surface area contributed by atoms with Gasteiger partial charge in [0.25, 0.3) is 0 Å². The molecule has 0 radical (unpaired) electrons. The van der Waals surface area contributed by atoms with E-state index >= 15 is 0 Å². The fourth-order valence-corrected chi connectivity index (χ4v) is 3.45. The Balaban J connectivity index is 1.58. The van der Waals surface area contributed by atoms with Crippen molar-refractivity contribution in [3.8, 4) is 11.6 Å². The number of hydrogen-bond acceptors (Lipinski definition) is 4. The third-order valence-electron chi connectivity index (χ3n) is 4.81. The monoisotopic (exact) mass is 336 g/mol. The Kier molecular flexibility index (Phi) is 3.89. The Bertz CT molecular complexity index is 903. The molecular formula is C19H20N4O2. The highest BCUT2D eigenvalue weighted by molar-refractivity contribution is 5.80. The number of carbonyl (C=O) groups excluding carboxylic acids is 1. The fraction of sp³-hybridized carbons (Fsp3) is 0.263. The van der Waals surface area contributed by atoms with E-state index in [4.69, 9.17) is 4.74 Å². The number of nitrogens with zero attached hydrogens (tertiary/aromatic N) is 2. The lowest BCUT2D eigenvalue weighted by molar-refractivity contribution is -0.129. The van der Waals surface area contributed by atoms with Crippen LogP contribution in [-0.4, -0.2) is 21.3 Å². The van der Waals surface area contributed by atoms with Crippen molar-refractivity contribution in [1.29, 1.82) is 0 Å². The molecule has 3 atom stereocenters. The lowest BCUT2D eigenvalue weighted by Gasteiger charge is -2.35. The summed E-state index contributed by atoms with van der Waals surface area (Å²) in [5, 5.41) is 0. The maximum absolute atomic E-state index is 11.9. The van der Waals surface area contributed by atoms with Crippen molar-refractivity contribution in [2.75, 3.05) is 0 Å². The zero-order valence-corrected chi connectivity index (χ0v) is 14.1. The highest BCUT2D eigenvalue weighted by Crippen LogP contribution is 2.32. The van der Waals surface area contributed by atoms with Crippen LogP contribution < -0.4 is 15.6 Å². The summed E-state index contributed by atoms with van der Waals surface area (Å²) in [6.45, 7) is 4.03. The van der Waals surface area contributed by atoms with E-state index in [1.165, 1.54) is 0 Å². The first-order chi connectivity index (χ1) is 12.1. The Hall–Kier alpha value is -2.86. The van der Waals surface area contributed by atoms with Crippen LogP contribution in [0.4, 0.5) is 0 Å². The second kappa shape index (κ2) is 6.22. The van der Waals surface area contributed by atoms with E-state index in [1.54, 1.807) is 6.20 Å². The van der Waals surface area contributed by atoms with Crippen LogP contribution in [0.3, 0.4) is 0 Å². The largest absolute Gasteiger partial charge is 0.437 e. The van der Waals surface area contributed by atoms with E-state index in [-0.39, 0.29) is 23.8 Å². The molecule has 128 valence electrons. The topological polar surface area (TPSA) is 67.7 Å². The third-order valence-corrected chi connectivity index (χ3v) is 4.81. The molecule has 2 aromatic heterocycles. The van der Waals surface area contributed by atoms with Crippen LogP contribution in [0.1, 0.15) is 25.3 Å². The smallest absolute Gasteiger partial charge is 0.243 e. The average molecular weight is 336 g/mol. The number of ether oxygens (including phenoxy) is 1. The van der Waals surface area contributed by atoms with E-state index in [0.29, 0.717) is 5.88 Å². The summed E-state index contributed by atoms with van der Waals surface area (Å²) in [5.74, 6) is 1.35. The van der Waals surface area contributed by atoms with Crippen LogP contribution in [0.2, 0.25) is 0 Å². The second-order valence-electron chi connectivity index (χ2n) is 6.44. The predicted octanol–water partition coefficient (Wildman–Crippen LogP) is 2.87. The molecule has 4 rings (SSSR count). The summed E-state index contributed by atoms with van der Waals surface area (Å²) >= 11 is 0. The molecule has 1 saturated heterocycles. The van der Waals surface area contributed by atoms with Crippen molar-refractivity contribution >= 4 is 11.4 Å². The molecule has 6 heteroatoms. The molecule has 0 spiro atoms. The number of benzene rings is 1. The Labute approximate surface area is 145 Å². The van der Waals surface area contributed by atoms with Gasteiger partial charge in [0.2, 0.25) is 11.8 Å². The van der Waals surface area contributed by atoms with Crippen LogP contribution in [0.15, 0.2) is 55.0 Å². The molecule has 2 N–H and O–H groups in total. The lowest BCUT2D eigenvalue weighted by atomic mass is 9.80. The average Bonchev–Trinajstić information content (AvgIpc) is 3.10. The molecular weight excluding hydrogens is 316 g/mol. The zero-order chi connectivity index (χ0) is 17.4. The van der Waals surface area contributed by atoms with E-state index in [1.807, 2.05) is 60.1 Å². The first kappa shape index (κ1) is 15.7. The summed E-state index contributed by atoms with van der Waals surface area (Å²) in [6.07, 6.45) is 5.55. The maximum atomic E-state index is 11.9. The molecule has 1 aromatic carbocycles. The minimum absolute atomic E-state index is 0.0209. The molecule has 25 heavy (non-hydrogen) atoms. The van der Waals surface area contributed by atoms with Gasteiger partial charge in [0, 0.05) is 36.5 Å². The summed E-state index contributed by atoms with van der Waals surface area (Å²) in [5.41, 5.74) is 7.79. The van der Waals surface area contributed by atoms with E-state index in [2.05, 4.69) is 22.8 Å². The summed E-state index contributed by atoms with van der Waals surface area (Å²) in [6, 6.07) is 12.0. The van der Waals surface area contributed by atoms with E-state index < -0.39 is 0 Å². The maximum Gasteiger partial charge on any atom is 0.243 e. The molecule has 0 aliphatic carbocycles. The normalized spacial score (nSPS) is 23.4. The second-order valence-corrected chi connectivity index (χ2v) is 6.44. The number of carbonyl (C=O) groups is 1. The van der Waals surface area contributed by atoms with Crippen molar-refractivity contribution in [3.05, 3.63) is 60.6 Å². The summed E-state index contributed by atoms with van der Waals surface area (Å²) < 4.78 is 7.90. The molecule has 1 fully saturated rings. The summed E-state index contributed by atoms with van der Waals surface area (Å²) in [4.78, 5) is 16.2. The molecule has 0 bridgehead atoms. The molecule has 1 aliphatic rings. The molecule has 1 amide bonds. The summed E-state index contributed by atoms with van der Waals surface area (Å²) in [7, 11) is 0. The molecule has 0 saturated carbocycles. The quantitative estimate of drug-likeness (QED) is 0.772. The van der Waals surface area contributed by atoms with Crippen LogP contribution in [0, 0.1) is 5.92 Å². The van der Waals surface area contributed by atoms with Crippen molar-refractivity contribution in [3.63, 3.8) is 0 Å². The Morgan fingerprint density at radius 1 is 1.12 bits per heavy atom. The van der Waals surface area contributed by atoms with Crippen LogP contribution in [-0.2, 0) is 4.79 Å². The minimum Gasteiger partial charge on any atom is -0.437 e. The number of amides is 1. The van der Waals surface area contributed by atoms with Gasteiger partial charge in [-0.2, -0.15) is 0 Å². The standard InChI is InChI=1S/C19H20N4O2/c1-12-17(13(2)21-22-18(12)24)14-5-7-15(8-6-14)25-19-16-4-3-10-23(16)11-9-20-19/h3-13,17,21H,1-2H3,(H,22,24). The number of aromatic nitrogens is 2. The predicted molar refractivity (Wildman–Crippen MR) is 94.4 cm³/mol. The van der Waals surface area contributed by atoms with Gasteiger partial charge in [0.05, 0.1) is 0 Å². The molecule has 1 aliphatic heterocycles. The number of fused-ring (bicyclic) bond motifs is 1. The van der Waals surface area contributed by atoms with Crippen molar-refractivity contribution in [1.82, 2.24) is 20.2 Å². The van der Waals surface area contributed by atoms with E-state index in [9.17, 15) is 4.79 Å². The van der Waals surface area contributed by atoms with Gasteiger partial charge < -0.3 is 9.14 Å². The highest BCUT2D eigenvalue weighted by atomic mass is 16.5. The number of hydrogen-bond donors (Lipinski definition) is 2. The van der Waals surface area contributed by atoms with Gasteiger partial charge >= 0.3 is 0 Å². The first-order valence-electron chi connectivity index (χ1n) is 8.38. The molecule has 3 unspecified atom stereocenters. The molecule has 3 heterocycles. The zero-order valence-electron chi connectivity index (χ0n) is 14.1. The minimum atomic E-state index is -0.0841. The van der Waals surface area contributed by atoms with Gasteiger partial charge in [0.1, 0.15) is 11.3 Å². The van der Waals surface area contributed by atoms with Crippen molar-refractivity contribution < 1.29 is 9.53 Å². The molecule has 6 nitrogen and oxygen atoms in total. The van der Waals surface area contributed by atoms with Gasteiger partial charge in [-0.1, -0.05) is 19.1 Å². The van der Waals surface area contributed by atoms with Gasteiger partial charge in [-0.25, -0.2) is 10.4 Å². The third kappa shape index (κ3) is 2.85. The number of hydrazine groups is 1. The van der Waals surface area contributed by atoms with Gasteiger partial charge in [0.15, 0.2) is 0 Å². The molecule has 3 aromatic rings. The van der Waals surface area contributed by atoms with Crippen LogP contribution >= 0.6 is 0 Å². The van der Waals surface area contributed by atoms with Gasteiger partial charge in [-0.05, 0) is 36.8 Å². The Morgan fingerprint density at radius 3 is 2.72 bits per heavy atom. The van der Waals surface area contributed by atoms with Crippen LogP contribution in [0.5, 0.6) is 11.6 Å². The van der Waals surface area contributed by atoms with Gasteiger partial charge in [-0.15, -0.1) is 0 Å². The van der Waals surface area contributed by atoms with Crippen LogP contribution in [0.25, 0.3) is 5.52 Å². The lowest BCUT2D eigenvalue weighted by Crippen LogP contribution is -2.55. The van der Waals surface area contributed by atoms with Crippen molar-refractivity contribution in [2.45, 2.75) is 25.8 Å².